The Morgan fingerprint density at radius 2 is 2.09 bits per heavy atom. The fourth-order valence-corrected chi connectivity index (χ4v) is 3.39. The highest BCUT2D eigenvalue weighted by molar-refractivity contribution is 7.22. The SMILES string of the molecule is COc1cccc2nc(-c3ccc(NC(C)=O)c(C)c3)sc12. The van der Waals surface area contributed by atoms with Crippen LogP contribution < -0.4 is 10.1 Å². The Morgan fingerprint density at radius 1 is 1.27 bits per heavy atom. The molecule has 1 aromatic heterocycles. The van der Waals surface area contributed by atoms with Gasteiger partial charge in [0.15, 0.2) is 0 Å². The Bertz CT molecular complexity index is 855. The number of ether oxygens (including phenoxy) is 1. The van der Waals surface area contributed by atoms with Gasteiger partial charge in [-0.15, -0.1) is 11.3 Å². The predicted molar refractivity (Wildman–Crippen MR) is 90.6 cm³/mol. The van der Waals surface area contributed by atoms with Crippen molar-refractivity contribution in [3.8, 4) is 16.3 Å². The number of rotatable bonds is 3. The fourth-order valence-electron chi connectivity index (χ4n) is 2.33. The number of amides is 1. The summed E-state index contributed by atoms with van der Waals surface area (Å²) in [5, 5.41) is 3.76. The lowest BCUT2D eigenvalue weighted by Crippen LogP contribution is -2.06. The maximum atomic E-state index is 11.2. The summed E-state index contributed by atoms with van der Waals surface area (Å²) in [5.41, 5.74) is 3.81. The molecular formula is C17H16N2O2S. The van der Waals surface area contributed by atoms with Crippen LogP contribution in [0.4, 0.5) is 5.69 Å². The van der Waals surface area contributed by atoms with E-state index in [1.54, 1.807) is 18.4 Å². The van der Waals surface area contributed by atoms with Crippen LogP contribution in [0, 0.1) is 6.92 Å². The van der Waals surface area contributed by atoms with Crippen LogP contribution in [0.25, 0.3) is 20.8 Å². The molecule has 112 valence electrons. The number of aromatic nitrogens is 1. The monoisotopic (exact) mass is 312 g/mol. The van der Waals surface area contributed by atoms with E-state index in [-0.39, 0.29) is 5.91 Å². The quantitative estimate of drug-likeness (QED) is 0.787. The van der Waals surface area contributed by atoms with Crippen molar-refractivity contribution in [1.29, 1.82) is 0 Å². The van der Waals surface area contributed by atoms with Crippen molar-refractivity contribution in [3.05, 3.63) is 42.0 Å². The van der Waals surface area contributed by atoms with Gasteiger partial charge in [-0.2, -0.15) is 0 Å². The lowest BCUT2D eigenvalue weighted by Gasteiger charge is -2.07. The standard InChI is InChI=1S/C17H16N2O2S/c1-10-9-12(7-8-13(10)18-11(2)20)17-19-14-5-4-6-15(21-3)16(14)22-17/h4-9H,1-3H3,(H,18,20). The van der Waals surface area contributed by atoms with Crippen molar-refractivity contribution in [2.75, 3.05) is 12.4 Å². The Labute approximate surface area is 132 Å². The van der Waals surface area contributed by atoms with E-state index < -0.39 is 0 Å². The molecule has 0 radical (unpaired) electrons. The second-order valence-corrected chi connectivity index (χ2v) is 6.04. The summed E-state index contributed by atoms with van der Waals surface area (Å²) in [6.45, 7) is 3.48. The number of carbonyl (C=O) groups is 1. The van der Waals surface area contributed by atoms with E-state index >= 15 is 0 Å². The molecule has 0 saturated carbocycles. The molecule has 0 unspecified atom stereocenters. The van der Waals surface area contributed by atoms with Crippen LogP contribution in [0.3, 0.4) is 0 Å². The van der Waals surface area contributed by atoms with Gasteiger partial charge in [0.05, 0.1) is 17.3 Å². The van der Waals surface area contributed by atoms with Gasteiger partial charge in [-0.25, -0.2) is 4.98 Å². The first-order valence-electron chi connectivity index (χ1n) is 6.90. The molecule has 1 heterocycles. The van der Waals surface area contributed by atoms with Crippen molar-refractivity contribution < 1.29 is 9.53 Å². The number of hydrogen-bond acceptors (Lipinski definition) is 4. The zero-order valence-electron chi connectivity index (χ0n) is 12.6. The van der Waals surface area contributed by atoms with Crippen molar-refractivity contribution in [2.24, 2.45) is 0 Å². The molecule has 1 amide bonds. The molecule has 0 bridgehead atoms. The van der Waals surface area contributed by atoms with Crippen LogP contribution in [-0.4, -0.2) is 18.0 Å². The first kappa shape index (κ1) is 14.5. The molecule has 2 aromatic carbocycles. The van der Waals surface area contributed by atoms with E-state index in [0.29, 0.717) is 0 Å². The van der Waals surface area contributed by atoms with Crippen LogP contribution in [0.2, 0.25) is 0 Å². The lowest BCUT2D eigenvalue weighted by molar-refractivity contribution is -0.114. The molecule has 0 spiro atoms. The molecule has 0 aliphatic carbocycles. The van der Waals surface area contributed by atoms with Gasteiger partial charge < -0.3 is 10.1 Å². The summed E-state index contributed by atoms with van der Waals surface area (Å²) < 4.78 is 6.43. The van der Waals surface area contributed by atoms with E-state index in [1.807, 2.05) is 43.3 Å². The smallest absolute Gasteiger partial charge is 0.221 e. The van der Waals surface area contributed by atoms with Crippen molar-refractivity contribution >= 4 is 33.1 Å². The van der Waals surface area contributed by atoms with E-state index in [9.17, 15) is 4.79 Å². The topological polar surface area (TPSA) is 51.2 Å². The van der Waals surface area contributed by atoms with Crippen LogP contribution >= 0.6 is 11.3 Å². The van der Waals surface area contributed by atoms with Crippen LogP contribution in [0.1, 0.15) is 12.5 Å². The number of nitrogens with zero attached hydrogens (tertiary/aromatic N) is 1. The number of nitrogens with one attached hydrogen (secondary N) is 1. The average molecular weight is 312 g/mol. The predicted octanol–water partition coefficient (Wildman–Crippen LogP) is 4.24. The number of thiazole rings is 1. The largest absolute Gasteiger partial charge is 0.495 e. The number of carbonyl (C=O) groups excluding carboxylic acids is 1. The van der Waals surface area contributed by atoms with Gasteiger partial charge in [0.2, 0.25) is 5.91 Å². The summed E-state index contributed by atoms with van der Waals surface area (Å²) in [6.07, 6.45) is 0. The van der Waals surface area contributed by atoms with E-state index in [1.165, 1.54) is 6.92 Å². The number of fused-ring (bicyclic) bond motifs is 1. The number of hydrogen-bond donors (Lipinski definition) is 1. The summed E-state index contributed by atoms with van der Waals surface area (Å²) in [4.78, 5) is 15.8. The highest BCUT2D eigenvalue weighted by atomic mass is 32.1. The molecule has 0 aliphatic rings. The highest BCUT2D eigenvalue weighted by Gasteiger charge is 2.11. The molecule has 0 fully saturated rings. The van der Waals surface area contributed by atoms with Crippen LogP contribution in [-0.2, 0) is 4.79 Å². The molecular weight excluding hydrogens is 296 g/mol. The fraction of sp³-hybridized carbons (Fsp3) is 0.176. The minimum Gasteiger partial charge on any atom is -0.495 e. The first-order chi connectivity index (χ1) is 10.6. The van der Waals surface area contributed by atoms with Gasteiger partial charge in [-0.3, -0.25) is 4.79 Å². The summed E-state index contributed by atoms with van der Waals surface area (Å²) >= 11 is 1.61. The maximum absolute atomic E-state index is 11.2. The number of methoxy groups -OCH3 is 1. The van der Waals surface area contributed by atoms with Crippen molar-refractivity contribution in [2.45, 2.75) is 13.8 Å². The van der Waals surface area contributed by atoms with Gasteiger partial charge in [0, 0.05) is 18.2 Å². The summed E-state index contributed by atoms with van der Waals surface area (Å²) in [5.74, 6) is 0.772. The van der Waals surface area contributed by atoms with Crippen molar-refractivity contribution in [3.63, 3.8) is 0 Å². The third-order valence-corrected chi connectivity index (χ3v) is 4.52. The minimum atomic E-state index is -0.0689. The van der Waals surface area contributed by atoms with Crippen LogP contribution in [0.5, 0.6) is 5.75 Å². The number of benzene rings is 2. The second kappa shape index (κ2) is 5.77. The zero-order valence-corrected chi connectivity index (χ0v) is 13.5. The number of aryl methyl sites for hydroxylation is 1. The molecule has 5 heteroatoms. The van der Waals surface area contributed by atoms with Gasteiger partial charge >= 0.3 is 0 Å². The summed E-state index contributed by atoms with van der Waals surface area (Å²) in [7, 11) is 1.67. The Hall–Kier alpha value is -2.40. The zero-order chi connectivity index (χ0) is 15.7. The van der Waals surface area contributed by atoms with Crippen LogP contribution in [0.15, 0.2) is 36.4 Å². The van der Waals surface area contributed by atoms with Gasteiger partial charge in [0.25, 0.3) is 0 Å². The normalized spacial score (nSPS) is 10.7. The van der Waals surface area contributed by atoms with E-state index in [2.05, 4.69) is 10.3 Å². The molecule has 3 rings (SSSR count). The Balaban J connectivity index is 2.04. The molecule has 0 saturated heterocycles. The third kappa shape index (κ3) is 2.67. The van der Waals surface area contributed by atoms with Gasteiger partial charge in [-0.05, 0) is 42.8 Å². The number of anilines is 1. The second-order valence-electron chi connectivity index (χ2n) is 5.04. The molecule has 0 aliphatic heterocycles. The van der Waals surface area contributed by atoms with Crippen molar-refractivity contribution in [1.82, 2.24) is 4.98 Å². The van der Waals surface area contributed by atoms with E-state index in [0.717, 1.165) is 37.8 Å². The Morgan fingerprint density at radius 3 is 2.77 bits per heavy atom. The molecule has 4 nitrogen and oxygen atoms in total. The summed E-state index contributed by atoms with van der Waals surface area (Å²) in [6, 6.07) is 11.8. The molecule has 3 aromatic rings. The average Bonchev–Trinajstić information content (AvgIpc) is 2.92. The third-order valence-electron chi connectivity index (χ3n) is 3.38. The maximum Gasteiger partial charge on any atom is 0.221 e. The minimum absolute atomic E-state index is 0.0689. The van der Waals surface area contributed by atoms with E-state index in [4.69, 9.17) is 4.74 Å². The molecule has 1 N–H and O–H groups in total. The molecule has 0 atom stereocenters. The molecule has 22 heavy (non-hydrogen) atoms. The van der Waals surface area contributed by atoms with Gasteiger partial charge in [-0.1, -0.05) is 6.07 Å². The highest BCUT2D eigenvalue weighted by Crippen LogP contribution is 2.36. The first-order valence-corrected chi connectivity index (χ1v) is 7.72. The van der Waals surface area contributed by atoms with Gasteiger partial charge in [0.1, 0.15) is 10.8 Å². The Kier molecular flexibility index (Phi) is 3.81. The lowest BCUT2D eigenvalue weighted by atomic mass is 10.1.